The summed E-state index contributed by atoms with van der Waals surface area (Å²) in [6, 6.07) is 10.1. The molecule has 1 amide bonds. The van der Waals surface area contributed by atoms with Crippen LogP contribution in [-0.2, 0) is 27.8 Å². The Morgan fingerprint density at radius 2 is 1.81 bits per heavy atom. The highest BCUT2D eigenvalue weighted by atomic mass is 32.2. The van der Waals surface area contributed by atoms with Gasteiger partial charge in [-0.05, 0) is 42.3 Å². The van der Waals surface area contributed by atoms with Crippen molar-refractivity contribution in [1.29, 1.82) is 0 Å². The van der Waals surface area contributed by atoms with Crippen molar-refractivity contribution in [1.82, 2.24) is 4.72 Å². The van der Waals surface area contributed by atoms with Crippen LogP contribution in [0.3, 0.4) is 0 Å². The van der Waals surface area contributed by atoms with Crippen LogP contribution in [0, 0.1) is 0 Å². The Hall–Kier alpha value is -2.58. The van der Waals surface area contributed by atoms with Crippen LogP contribution in [-0.4, -0.2) is 35.1 Å². The van der Waals surface area contributed by atoms with Gasteiger partial charge in [0.05, 0.1) is 24.7 Å². The van der Waals surface area contributed by atoms with Crippen molar-refractivity contribution < 1.29 is 22.7 Å². The Bertz CT molecular complexity index is 950. The van der Waals surface area contributed by atoms with Crippen molar-refractivity contribution in [2.45, 2.75) is 24.8 Å². The average Bonchev–Trinajstić information content (AvgIpc) is 3.09. The number of benzene rings is 2. The molecule has 0 unspecified atom stereocenters. The van der Waals surface area contributed by atoms with Crippen LogP contribution in [0.25, 0.3) is 0 Å². The SMILES string of the molecule is COc1cccc(OC)c1CNS(=O)(=O)c1ccc2c(c1)CCN2C(C)=O. The summed E-state index contributed by atoms with van der Waals surface area (Å²) in [4.78, 5) is 13.5. The molecule has 2 aromatic carbocycles. The predicted octanol–water partition coefficient (Wildman–Crippen LogP) is 2.09. The van der Waals surface area contributed by atoms with Gasteiger partial charge >= 0.3 is 0 Å². The van der Waals surface area contributed by atoms with Gasteiger partial charge in [-0.3, -0.25) is 4.79 Å². The Morgan fingerprint density at radius 1 is 1.15 bits per heavy atom. The number of carbonyl (C=O) groups is 1. The number of hydrogen-bond acceptors (Lipinski definition) is 5. The van der Waals surface area contributed by atoms with Crippen LogP contribution in [0.15, 0.2) is 41.3 Å². The minimum Gasteiger partial charge on any atom is -0.496 e. The third-order valence-electron chi connectivity index (χ3n) is 4.61. The maximum absolute atomic E-state index is 12.7. The number of hydrogen-bond donors (Lipinski definition) is 1. The van der Waals surface area contributed by atoms with Gasteiger partial charge in [-0.1, -0.05) is 6.07 Å². The molecule has 0 bridgehead atoms. The molecule has 7 nitrogen and oxygen atoms in total. The van der Waals surface area contributed by atoms with E-state index >= 15 is 0 Å². The van der Waals surface area contributed by atoms with E-state index in [0.717, 1.165) is 11.3 Å². The van der Waals surface area contributed by atoms with Gasteiger partial charge in [-0.25, -0.2) is 13.1 Å². The lowest BCUT2D eigenvalue weighted by Crippen LogP contribution is -2.26. The molecule has 8 heteroatoms. The molecule has 0 saturated heterocycles. The van der Waals surface area contributed by atoms with E-state index < -0.39 is 10.0 Å². The van der Waals surface area contributed by atoms with Gasteiger partial charge in [-0.15, -0.1) is 0 Å². The minimum absolute atomic E-state index is 0.0339. The number of nitrogens with one attached hydrogen (secondary N) is 1. The highest BCUT2D eigenvalue weighted by molar-refractivity contribution is 7.89. The summed E-state index contributed by atoms with van der Waals surface area (Å²) in [7, 11) is -0.689. The average molecular weight is 390 g/mol. The molecule has 0 aliphatic carbocycles. The minimum atomic E-state index is -3.73. The van der Waals surface area contributed by atoms with Crippen molar-refractivity contribution >= 4 is 21.6 Å². The molecule has 0 spiro atoms. The van der Waals surface area contributed by atoms with Crippen LogP contribution < -0.4 is 19.1 Å². The molecule has 144 valence electrons. The van der Waals surface area contributed by atoms with Crippen LogP contribution in [0.1, 0.15) is 18.1 Å². The zero-order valence-corrected chi connectivity index (χ0v) is 16.3. The molecule has 0 fully saturated rings. The van der Waals surface area contributed by atoms with Crippen LogP contribution in [0.5, 0.6) is 11.5 Å². The third-order valence-corrected chi connectivity index (χ3v) is 6.00. The Balaban J connectivity index is 1.84. The van der Waals surface area contributed by atoms with E-state index in [0.29, 0.717) is 30.0 Å². The molecule has 1 aliphatic heterocycles. The van der Waals surface area contributed by atoms with Gasteiger partial charge in [-0.2, -0.15) is 0 Å². The third kappa shape index (κ3) is 3.77. The molecule has 1 heterocycles. The summed E-state index contributed by atoms with van der Waals surface area (Å²) in [6.07, 6.45) is 0.638. The van der Waals surface area contributed by atoms with E-state index in [4.69, 9.17) is 9.47 Å². The molecule has 0 atom stereocenters. The van der Waals surface area contributed by atoms with Crippen molar-refractivity contribution in [2.75, 3.05) is 25.7 Å². The number of nitrogens with zero attached hydrogens (tertiary/aromatic N) is 1. The number of sulfonamides is 1. The number of ether oxygens (including phenoxy) is 2. The quantitative estimate of drug-likeness (QED) is 0.816. The largest absolute Gasteiger partial charge is 0.496 e. The van der Waals surface area contributed by atoms with E-state index in [2.05, 4.69) is 4.72 Å². The molecular formula is C19H22N2O5S. The second kappa shape index (κ2) is 7.58. The predicted molar refractivity (Wildman–Crippen MR) is 102 cm³/mol. The van der Waals surface area contributed by atoms with E-state index in [1.54, 1.807) is 35.2 Å². The van der Waals surface area contributed by atoms with Crippen molar-refractivity contribution in [3.05, 3.63) is 47.5 Å². The molecular weight excluding hydrogens is 368 g/mol. The standard InChI is InChI=1S/C19H22N2O5S/c1-13(22)21-10-9-14-11-15(7-8-17(14)21)27(23,24)20-12-16-18(25-2)5-4-6-19(16)26-3/h4-8,11,20H,9-10,12H2,1-3H3. The number of rotatable bonds is 6. The van der Waals surface area contributed by atoms with E-state index in [-0.39, 0.29) is 17.3 Å². The maximum atomic E-state index is 12.7. The van der Waals surface area contributed by atoms with Gasteiger partial charge in [0.15, 0.2) is 0 Å². The van der Waals surface area contributed by atoms with Crippen LogP contribution in [0.2, 0.25) is 0 Å². The first-order valence-electron chi connectivity index (χ1n) is 8.48. The zero-order chi connectivity index (χ0) is 19.6. The van der Waals surface area contributed by atoms with E-state index in [1.807, 2.05) is 0 Å². The van der Waals surface area contributed by atoms with Gasteiger partial charge in [0.2, 0.25) is 15.9 Å². The number of fused-ring (bicyclic) bond motifs is 1. The first-order chi connectivity index (χ1) is 12.9. The summed E-state index contributed by atoms with van der Waals surface area (Å²) in [5, 5.41) is 0. The summed E-state index contributed by atoms with van der Waals surface area (Å²) in [6.45, 7) is 2.11. The number of anilines is 1. The molecule has 27 heavy (non-hydrogen) atoms. The molecule has 0 saturated carbocycles. The number of amides is 1. The van der Waals surface area contributed by atoms with E-state index in [9.17, 15) is 13.2 Å². The summed E-state index contributed by atoms with van der Waals surface area (Å²) >= 11 is 0. The lowest BCUT2D eigenvalue weighted by atomic mass is 10.2. The van der Waals surface area contributed by atoms with Gasteiger partial charge in [0, 0.05) is 25.7 Å². The number of carbonyl (C=O) groups excluding carboxylic acids is 1. The summed E-state index contributed by atoms with van der Waals surface area (Å²) < 4.78 is 38.7. The Kier molecular flexibility index (Phi) is 5.38. The topological polar surface area (TPSA) is 84.9 Å². The first-order valence-corrected chi connectivity index (χ1v) is 9.96. The van der Waals surface area contributed by atoms with Gasteiger partial charge in [0.25, 0.3) is 0 Å². The molecule has 1 aliphatic rings. The summed E-state index contributed by atoms with van der Waals surface area (Å²) in [5.41, 5.74) is 2.24. The van der Waals surface area contributed by atoms with Crippen molar-refractivity contribution in [2.24, 2.45) is 0 Å². The second-order valence-electron chi connectivity index (χ2n) is 6.18. The van der Waals surface area contributed by atoms with Crippen molar-refractivity contribution in [3.8, 4) is 11.5 Å². The highest BCUT2D eigenvalue weighted by Crippen LogP contribution is 2.31. The van der Waals surface area contributed by atoms with E-state index in [1.165, 1.54) is 27.2 Å². The monoisotopic (exact) mass is 390 g/mol. The smallest absolute Gasteiger partial charge is 0.240 e. The molecule has 2 aromatic rings. The lowest BCUT2D eigenvalue weighted by molar-refractivity contribution is -0.116. The zero-order valence-electron chi connectivity index (χ0n) is 15.5. The lowest BCUT2D eigenvalue weighted by Gasteiger charge is -2.16. The molecule has 3 rings (SSSR count). The number of methoxy groups -OCH3 is 2. The fourth-order valence-electron chi connectivity index (χ4n) is 3.23. The normalized spacial score (nSPS) is 13.4. The molecule has 0 aromatic heterocycles. The maximum Gasteiger partial charge on any atom is 0.240 e. The second-order valence-corrected chi connectivity index (χ2v) is 7.94. The molecule has 0 radical (unpaired) electrons. The van der Waals surface area contributed by atoms with Gasteiger partial charge < -0.3 is 14.4 Å². The van der Waals surface area contributed by atoms with Gasteiger partial charge in [0.1, 0.15) is 11.5 Å². The summed E-state index contributed by atoms with van der Waals surface area (Å²) in [5.74, 6) is 1.04. The Labute approximate surface area is 158 Å². The van der Waals surface area contributed by atoms with Crippen molar-refractivity contribution in [3.63, 3.8) is 0 Å². The first kappa shape index (κ1) is 19.2. The van der Waals surface area contributed by atoms with Crippen LogP contribution >= 0.6 is 0 Å². The fraction of sp³-hybridized carbons (Fsp3) is 0.316. The fourth-order valence-corrected chi connectivity index (χ4v) is 4.27. The van der Waals surface area contributed by atoms with Crippen LogP contribution in [0.4, 0.5) is 5.69 Å². The molecule has 1 N–H and O–H groups in total. The highest BCUT2D eigenvalue weighted by Gasteiger charge is 2.25. The Morgan fingerprint density at radius 3 is 2.41 bits per heavy atom.